The first-order valence-corrected chi connectivity index (χ1v) is 12.6. The summed E-state index contributed by atoms with van der Waals surface area (Å²) in [6.07, 6.45) is -0.783. The lowest BCUT2D eigenvalue weighted by molar-refractivity contribution is -0.385. The highest BCUT2D eigenvalue weighted by Crippen LogP contribution is 2.59. The number of nitrogens with zero attached hydrogens (tertiary/aromatic N) is 4. The quantitative estimate of drug-likeness (QED) is 0.248. The van der Waals surface area contributed by atoms with E-state index >= 15 is 0 Å². The van der Waals surface area contributed by atoms with Crippen LogP contribution < -0.4 is 0 Å². The van der Waals surface area contributed by atoms with Crippen molar-refractivity contribution in [2.24, 2.45) is 11.8 Å². The zero-order valence-corrected chi connectivity index (χ0v) is 21.4. The SMILES string of the molecule is O=C(ON1C(=O)CCC1=O)[C@@H]1[C@H](C(=O)ON2C(=O)CCC2=O)[C@@H](c2ccc([N+](=O)[O-])cc2)[C@H]1c1ccc([N+](=O)[O-])cc1. The second-order valence-corrected chi connectivity index (χ2v) is 9.78. The highest BCUT2D eigenvalue weighted by Gasteiger charge is 2.61. The molecule has 1 saturated carbocycles. The van der Waals surface area contributed by atoms with Crippen molar-refractivity contribution in [2.75, 3.05) is 0 Å². The number of nitro benzene ring substituents is 2. The van der Waals surface area contributed by atoms with Crippen LogP contribution in [0, 0.1) is 32.1 Å². The molecule has 0 aromatic heterocycles. The van der Waals surface area contributed by atoms with Crippen molar-refractivity contribution >= 4 is 46.9 Å². The van der Waals surface area contributed by atoms with Crippen molar-refractivity contribution in [3.63, 3.8) is 0 Å². The van der Waals surface area contributed by atoms with Crippen LogP contribution in [0.3, 0.4) is 0 Å². The Labute approximate surface area is 235 Å². The molecule has 3 fully saturated rings. The molecule has 0 radical (unpaired) electrons. The number of carbonyl (C=O) groups excluding carboxylic acids is 6. The van der Waals surface area contributed by atoms with Gasteiger partial charge in [0.1, 0.15) is 0 Å². The van der Waals surface area contributed by atoms with E-state index in [9.17, 15) is 49.0 Å². The van der Waals surface area contributed by atoms with Crippen LogP contribution in [0.25, 0.3) is 0 Å². The Morgan fingerprint density at radius 3 is 1.14 bits per heavy atom. The Morgan fingerprint density at radius 2 is 0.881 bits per heavy atom. The Hall–Kier alpha value is -5.54. The fraction of sp³-hybridized carbons (Fsp3) is 0.308. The molecule has 2 aromatic rings. The van der Waals surface area contributed by atoms with E-state index in [1.54, 1.807) is 0 Å². The summed E-state index contributed by atoms with van der Waals surface area (Å²) >= 11 is 0. The smallest absolute Gasteiger partial charge is 0.330 e. The first-order valence-electron chi connectivity index (χ1n) is 12.6. The standard InChI is InChI=1S/C26H20N4O12/c31-17-9-10-18(32)27(17)41-25(35)23-21(13-1-5-15(6-2-13)29(37)38)22(14-3-7-16(8-4-14)30(39)40)24(23)26(36)42-28-19(33)11-12-20(28)34/h1-8,21-24H,9-12H2/t21-,22+,23+,24-. The maximum absolute atomic E-state index is 13.5. The zero-order valence-electron chi connectivity index (χ0n) is 21.4. The third-order valence-corrected chi connectivity index (χ3v) is 7.44. The fourth-order valence-electron chi connectivity index (χ4n) is 5.42. The van der Waals surface area contributed by atoms with Crippen molar-refractivity contribution in [3.8, 4) is 0 Å². The fourth-order valence-corrected chi connectivity index (χ4v) is 5.42. The van der Waals surface area contributed by atoms with Gasteiger partial charge in [0.25, 0.3) is 35.0 Å². The molecule has 0 bridgehead atoms. The van der Waals surface area contributed by atoms with Gasteiger partial charge in [-0.05, 0) is 11.1 Å². The van der Waals surface area contributed by atoms with Gasteiger partial charge in [-0.1, -0.05) is 24.3 Å². The Balaban J connectivity index is 1.57. The molecule has 16 nitrogen and oxygen atoms in total. The van der Waals surface area contributed by atoms with Crippen LogP contribution in [-0.4, -0.2) is 55.5 Å². The molecule has 42 heavy (non-hydrogen) atoms. The number of hydrogen-bond donors (Lipinski definition) is 0. The summed E-state index contributed by atoms with van der Waals surface area (Å²) in [5.74, 6) is -10.4. The second-order valence-electron chi connectivity index (χ2n) is 9.78. The summed E-state index contributed by atoms with van der Waals surface area (Å²) in [6.45, 7) is 0. The Bertz CT molecular complexity index is 1390. The molecule has 3 aliphatic rings. The molecule has 0 spiro atoms. The second kappa shape index (κ2) is 10.8. The molecule has 16 heteroatoms. The van der Waals surface area contributed by atoms with E-state index in [0.717, 1.165) is 0 Å². The molecular formula is C26H20N4O12. The third kappa shape index (κ3) is 4.93. The number of imide groups is 2. The van der Waals surface area contributed by atoms with Gasteiger partial charge in [0.15, 0.2) is 0 Å². The molecule has 2 aliphatic heterocycles. The monoisotopic (exact) mass is 580 g/mol. The van der Waals surface area contributed by atoms with E-state index in [-0.39, 0.29) is 37.1 Å². The number of benzene rings is 2. The molecule has 5 rings (SSSR count). The minimum Gasteiger partial charge on any atom is -0.330 e. The maximum atomic E-state index is 13.5. The summed E-state index contributed by atoms with van der Waals surface area (Å²) in [4.78, 5) is 107. The summed E-state index contributed by atoms with van der Waals surface area (Å²) in [6, 6.07) is 10.1. The van der Waals surface area contributed by atoms with Gasteiger partial charge in [-0.2, -0.15) is 0 Å². The van der Waals surface area contributed by atoms with E-state index in [1.165, 1.54) is 48.5 Å². The summed E-state index contributed by atoms with van der Waals surface area (Å²) in [5.41, 5.74) is 0.114. The number of hydroxylamine groups is 4. The molecule has 2 aromatic carbocycles. The van der Waals surface area contributed by atoms with Gasteiger partial charge in [-0.25, -0.2) is 9.59 Å². The summed E-state index contributed by atoms with van der Waals surface area (Å²) in [7, 11) is 0. The van der Waals surface area contributed by atoms with Crippen LogP contribution >= 0.6 is 0 Å². The van der Waals surface area contributed by atoms with E-state index < -0.39 is 69.1 Å². The van der Waals surface area contributed by atoms with Gasteiger partial charge in [0.2, 0.25) is 0 Å². The minimum atomic E-state index is -1.46. The van der Waals surface area contributed by atoms with E-state index in [0.29, 0.717) is 21.3 Å². The van der Waals surface area contributed by atoms with Crippen molar-refractivity contribution in [1.29, 1.82) is 0 Å². The molecule has 0 unspecified atom stereocenters. The van der Waals surface area contributed by atoms with Crippen molar-refractivity contribution < 1.29 is 48.3 Å². The molecule has 0 N–H and O–H groups in total. The van der Waals surface area contributed by atoms with Crippen LogP contribution in [0.2, 0.25) is 0 Å². The van der Waals surface area contributed by atoms with E-state index in [4.69, 9.17) is 9.68 Å². The molecule has 4 atom stereocenters. The van der Waals surface area contributed by atoms with Crippen molar-refractivity contribution in [2.45, 2.75) is 37.5 Å². The van der Waals surface area contributed by atoms with Crippen LogP contribution in [0.4, 0.5) is 11.4 Å². The summed E-state index contributed by atoms with van der Waals surface area (Å²) in [5, 5.41) is 23.0. The normalized spacial score (nSPS) is 23.5. The van der Waals surface area contributed by atoms with Gasteiger partial charge < -0.3 is 9.68 Å². The van der Waals surface area contributed by atoms with Gasteiger partial charge >= 0.3 is 11.9 Å². The third-order valence-electron chi connectivity index (χ3n) is 7.44. The predicted molar refractivity (Wildman–Crippen MR) is 133 cm³/mol. The summed E-state index contributed by atoms with van der Waals surface area (Å²) < 4.78 is 0. The van der Waals surface area contributed by atoms with Crippen LogP contribution in [0.15, 0.2) is 48.5 Å². The lowest BCUT2D eigenvalue weighted by atomic mass is 9.52. The molecular weight excluding hydrogens is 560 g/mol. The molecule has 216 valence electrons. The number of nitro groups is 2. The molecule has 2 saturated heterocycles. The van der Waals surface area contributed by atoms with E-state index in [2.05, 4.69) is 0 Å². The van der Waals surface area contributed by atoms with Crippen LogP contribution in [-0.2, 0) is 38.4 Å². The number of amides is 4. The Kier molecular flexibility index (Phi) is 7.20. The van der Waals surface area contributed by atoms with Gasteiger partial charge in [-0.3, -0.25) is 39.4 Å². The number of carbonyl (C=O) groups is 6. The van der Waals surface area contributed by atoms with Crippen molar-refractivity contribution in [3.05, 3.63) is 79.9 Å². The molecule has 1 aliphatic carbocycles. The molecule has 4 amide bonds. The largest absolute Gasteiger partial charge is 0.337 e. The van der Waals surface area contributed by atoms with Crippen molar-refractivity contribution in [1.82, 2.24) is 10.1 Å². The molecule has 2 heterocycles. The average Bonchev–Trinajstić information content (AvgIpc) is 3.43. The average molecular weight is 580 g/mol. The zero-order chi connectivity index (χ0) is 30.3. The van der Waals surface area contributed by atoms with Gasteiger partial charge in [0, 0.05) is 61.8 Å². The maximum Gasteiger partial charge on any atom is 0.337 e. The highest BCUT2D eigenvalue weighted by molar-refractivity contribution is 6.03. The first kappa shape index (κ1) is 28.0. The topological polar surface area (TPSA) is 214 Å². The minimum absolute atomic E-state index is 0.196. The van der Waals surface area contributed by atoms with Gasteiger partial charge in [0.05, 0.1) is 21.7 Å². The predicted octanol–water partition coefficient (Wildman–Crippen LogP) is 1.83. The number of rotatable bonds is 8. The lowest BCUT2D eigenvalue weighted by Gasteiger charge is -2.49. The lowest BCUT2D eigenvalue weighted by Crippen LogP contribution is -2.54. The Morgan fingerprint density at radius 1 is 0.595 bits per heavy atom. The van der Waals surface area contributed by atoms with Crippen LogP contribution in [0.1, 0.15) is 48.6 Å². The highest BCUT2D eigenvalue weighted by atomic mass is 16.7. The van der Waals surface area contributed by atoms with Gasteiger partial charge in [-0.15, -0.1) is 10.1 Å². The van der Waals surface area contributed by atoms with E-state index in [1.807, 2.05) is 0 Å². The van der Waals surface area contributed by atoms with Crippen LogP contribution in [0.5, 0.6) is 0 Å². The number of non-ortho nitro benzene ring substituents is 2. The number of hydrogen-bond acceptors (Lipinski definition) is 12. The first-order chi connectivity index (χ1) is 20.0.